The molecule has 3 heteroatoms. The average Bonchev–Trinajstić information content (AvgIpc) is 1.65. The Labute approximate surface area is 39.6 Å². The molecule has 0 aromatic rings. The van der Waals surface area contributed by atoms with Crippen LogP contribution in [0, 0.1) is 6.43 Å². The zero-order valence-corrected chi connectivity index (χ0v) is 3.50. The molecule has 0 nitrogen and oxygen atoms in total. The van der Waals surface area contributed by atoms with Crippen molar-refractivity contribution in [3.63, 3.8) is 0 Å². The van der Waals surface area contributed by atoms with Gasteiger partial charge in [-0.05, 0) is 0 Å². The summed E-state index contributed by atoms with van der Waals surface area (Å²) in [6.07, 6.45) is -3.95. The summed E-state index contributed by atoms with van der Waals surface area (Å²) in [5.41, 5.74) is 0. The molecule has 0 aliphatic heterocycles. The number of rotatable bonds is 2. The van der Waals surface area contributed by atoms with Gasteiger partial charge in [0.1, 0.15) is 0 Å². The molecule has 0 N–H and O–H groups in total. The van der Waals surface area contributed by atoms with E-state index in [-0.39, 0.29) is 0 Å². The first-order chi connectivity index (χ1) is 3.18. The largest absolute Gasteiger partial charge is 0.347 e. The maximum absolute atomic E-state index is 11.3. The van der Waals surface area contributed by atoms with E-state index in [1.807, 2.05) is 0 Å². The van der Waals surface area contributed by atoms with Crippen LogP contribution in [0.3, 0.4) is 0 Å². The number of hydrogen-bond acceptors (Lipinski definition) is 0. The van der Waals surface area contributed by atoms with Crippen LogP contribution in [-0.2, 0) is 0 Å². The van der Waals surface area contributed by atoms with Crippen molar-refractivity contribution in [3.8, 4) is 0 Å². The first-order valence-electron chi connectivity index (χ1n) is 1.63. The fraction of sp³-hybridized carbons (Fsp3) is 0.250. The number of allylic oxidation sites excluding steroid dienone is 1. The molecule has 1 radical (unpaired) electrons. The Morgan fingerprint density at radius 3 is 2.00 bits per heavy atom. The first kappa shape index (κ1) is 6.53. The van der Waals surface area contributed by atoms with Gasteiger partial charge in [-0.1, -0.05) is 12.7 Å². The van der Waals surface area contributed by atoms with Crippen molar-refractivity contribution in [1.82, 2.24) is 0 Å². The molecule has 0 saturated heterocycles. The molecular formula is C4H4F3. The van der Waals surface area contributed by atoms with E-state index in [9.17, 15) is 13.2 Å². The van der Waals surface area contributed by atoms with Crippen LogP contribution in [0.25, 0.3) is 0 Å². The van der Waals surface area contributed by atoms with Crippen LogP contribution >= 0.6 is 0 Å². The fourth-order valence-corrected chi connectivity index (χ4v) is 0.0891. The highest BCUT2D eigenvalue weighted by molar-refractivity contribution is 4.89. The van der Waals surface area contributed by atoms with E-state index in [1.54, 1.807) is 0 Å². The van der Waals surface area contributed by atoms with Gasteiger partial charge >= 0.3 is 6.43 Å². The monoisotopic (exact) mass is 109 g/mol. The minimum absolute atomic E-state index is 0.537. The van der Waals surface area contributed by atoms with E-state index in [0.717, 1.165) is 0 Å². The van der Waals surface area contributed by atoms with Gasteiger partial charge in [-0.3, -0.25) is 0 Å². The van der Waals surface area contributed by atoms with Gasteiger partial charge in [0.2, 0.25) is 0 Å². The Morgan fingerprint density at radius 1 is 1.57 bits per heavy atom. The molecule has 0 saturated carbocycles. The number of alkyl halides is 1. The van der Waals surface area contributed by atoms with E-state index in [2.05, 4.69) is 6.58 Å². The Kier molecular flexibility index (Phi) is 2.48. The molecule has 7 heavy (non-hydrogen) atoms. The standard InChI is InChI=1S/C4H4F3/c1-2-3(5)4(6)7/h2-3H,1H2. The van der Waals surface area contributed by atoms with Crippen LogP contribution in [-0.4, -0.2) is 6.17 Å². The predicted octanol–water partition coefficient (Wildman–Crippen LogP) is 1.94. The van der Waals surface area contributed by atoms with Crippen LogP contribution < -0.4 is 0 Å². The molecule has 0 fully saturated rings. The van der Waals surface area contributed by atoms with Gasteiger partial charge in [-0.25, -0.2) is 4.39 Å². The van der Waals surface area contributed by atoms with Crippen LogP contribution in [0.15, 0.2) is 12.7 Å². The van der Waals surface area contributed by atoms with E-state index >= 15 is 0 Å². The second kappa shape index (κ2) is 2.66. The van der Waals surface area contributed by atoms with Crippen LogP contribution in [0.5, 0.6) is 0 Å². The van der Waals surface area contributed by atoms with Gasteiger partial charge < -0.3 is 0 Å². The molecule has 0 aliphatic carbocycles. The molecule has 0 aromatic carbocycles. The highest BCUT2D eigenvalue weighted by Gasteiger charge is 2.16. The molecule has 0 aliphatic rings. The van der Waals surface area contributed by atoms with Crippen molar-refractivity contribution in [3.05, 3.63) is 19.1 Å². The molecule has 1 atom stereocenters. The van der Waals surface area contributed by atoms with Gasteiger partial charge in [0, 0.05) is 0 Å². The van der Waals surface area contributed by atoms with Crippen molar-refractivity contribution in [2.75, 3.05) is 0 Å². The summed E-state index contributed by atoms with van der Waals surface area (Å²) in [4.78, 5) is 0. The number of halogens is 3. The highest BCUT2D eigenvalue weighted by Crippen LogP contribution is 2.12. The van der Waals surface area contributed by atoms with E-state index in [0.29, 0.717) is 6.08 Å². The second-order valence-electron chi connectivity index (χ2n) is 0.927. The van der Waals surface area contributed by atoms with E-state index in [1.165, 1.54) is 0 Å². The third-order valence-corrected chi connectivity index (χ3v) is 0.415. The maximum Gasteiger partial charge on any atom is 0.347 e. The average molecular weight is 109 g/mol. The maximum atomic E-state index is 11.3. The molecule has 0 rings (SSSR count). The van der Waals surface area contributed by atoms with Crippen molar-refractivity contribution >= 4 is 0 Å². The van der Waals surface area contributed by atoms with Crippen LogP contribution in [0.2, 0.25) is 0 Å². The predicted molar refractivity (Wildman–Crippen MR) is 20.6 cm³/mol. The molecule has 41 valence electrons. The molecule has 0 bridgehead atoms. The Balaban J connectivity index is 3.33. The highest BCUT2D eigenvalue weighted by atomic mass is 19.3. The molecule has 0 spiro atoms. The SMILES string of the molecule is C=CC(F)[C](F)F. The first-order valence-corrected chi connectivity index (χ1v) is 1.63. The molecule has 0 heterocycles. The van der Waals surface area contributed by atoms with Gasteiger partial charge in [-0.15, -0.1) is 0 Å². The van der Waals surface area contributed by atoms with Gasteiger partial charge in [0.15, 0.2) is 6.17 Å². The smallest absolute Gasteiger partial charge is 0.236 e. The third-order valence-electron chi connectivity index (χ3n) is 0.415. The molecular weight excluding hydrogens is 105 g/mol. The van der Waals surface area contributed by atoms with Crippen molar-refractivity contribution in [1.29, 1.82) is 0 Å². The minimum Gasteiger partial charge on any atom is -0.236 e. The van der Waals surface area contributed by atoms with Crippen molar-refractivity contribution in [2.24, 2.45) is 0 Å². The quantitative estimate of drug-likeness (QED) is 0.475. The third kappa shape index (κ3) is 2.25. The summed E-state index contributed by atoms with van der Waals surface area (Å²) in [5, 5.41) is 0. The zero-order valence-electron chi connectivity index (χ0n) is 3.50. The summed E-state index contributed by atoms with van der Waals surface area (Å²) in [6, 6.07) is 0. The molecule has 0 aromatic heterocycles. The topological polar surface area (TPSA) is 0 Å². The number of hydrogen-bond donors (Lipinski definition) is 0. The Morgan fingerprint density at radius 2 is 2.00 bits per heavy atom. The Bertz CT molecular complexity index is 60.0. The summed E-state index contributed by atoms with van der Waals surface area (Å²) in [6.45, 7) is 2.81. The van der Waals surface area contributed by atoms with Gasteiger partial charge in [-0.2, -0.15) is 8.78 Å². The lowest BCUT2D eigenvalue weighted by Crippen LogP contribution is -1.97. The van der Waals surface area contributed by atoms with E-state index < -0.39 is 12.6 Å². The van der Waals surface area contributed by atoms with Gasteiger partial charge in [0.25, 0.3) is 0 Å². The van der Waals surface area contributed by atoms with Crippen LogP contribution in [0.4, 0.5) is 13.2 Å². The summed E-state index contributed by atoms with van der Waals surface area (Å²) in [7, 11) is 0. The van der Waals surface area contributed by atoms with Crippen molar-refractivity contribution in [2.45, 2.75) is 6.17 Å². The minimum atomic E-state index is -2.25. The molecule has 0 amide bonds. The zero-order chi connectivity index (χ0) is 5.86. The van der Waals surface area contributed by atoms with Crippen LogP contribution in [0.1, 0.15) is 0 Å². The fourth-order valence-electron chi connectivity index (χ4n) is 0.0891. The second-order valence-corrected chi connectivity index (χ2v) is 0.927. The summed E-state index contributed by atoms with van der Waals surface area (Å²) >= 11 is 0. The Hall–Kier alpha value is -0.470. The van der Waals surface area contributed by atoms with Crippen molar-refractivity contribution < 1.29 is 13.2 Å². The van der Waals surface area contributed by atoms with E-state index in [4.69, 9.17) is 0 Å². The van der Waals surface area contributed by atoms with Gasteiger partial charge in [0.05, 0.1) is 0 Å². The molecule has 1 unspecified atom stereocenters. The lowest BCUT2D eigenvalue weighted by atomic mass is 10.4. The lowest BCUT2D eigenvalue weighted by molar-refractivity contribution is 0.190. The summed E-state index contributed by atoms with van der Waals surface area (Å²) in [5.74, 6) is 0. The summed E-state index contributed by atoms with van der Waals surface area (Å²) < 4.78 is 33.1. The normalized spacial score (nSPS) is 14.3. The lowest BCUT2D eigenvalue weighted by Gasteiger charge is -1.92.